The van der Waals surface area contributed by atoms with E-state index in [0.717, 1.165) is 11.1 Å². The molecule has 1 amide bonds. The summed E-state index contributed by atoms with van der Waals surface area (Å²) in [7, 11) is 1.54. The summed E-state index contributed by atoms with van der Waals surface area (Å²) in [6.07, 6.45) is 0.512. The fourth-order valence-corrected chi connectivity index (χ4v) is 2.80. The Labute approximate surface area is 170 Å². The van der Waals surface area contributed by atoms with Crippen LogP contribution in [0.2, 0.25) is 0 Å². The SMILES string of the molecule is CNC(=O)c1nccc2nn(Cc3cnc(OCCOCC(F)(F)F)c(C)c3)cc12. The average Bonchev–Trinajstić information content (AvgIpc) is 3.10. The van der Waals surface area contributed by atoms with Gasteiger partial charge in [0.2, 0.25) is 5.88 Å². The van der Waals surface area contributed by atoms with Gasteiger partial charge >= 0.3 is 6.18 Å². The zero-order chi connectivity index (χ0) is 21.7. The minimum Gasteiger partial charge on any atom is -0.475 e. The molecule has 30 heavy (non-hydrogen) atoms. The van der Waals surface area contributed by atoms with E-state index < -0.39 is 12.8 Å². The van der Waals surface area contributed by atoms with E-state index in [4.69, 9.17) is 4.74 Å². The Morgan fingerprint density at radius 1 is 1.27 bits per heavy atom. The molecule has 0 saturated heterocycles. The molecule has 3 heterocycles. The van der Waals surface area contributed by atoms with Gasteiger partial charge in [0.25, 0.3) is 5.91 Å². The second-order valence-corrected chi connectivity index (χ2v) is 6.48. The summed E-state index contributed by atoms with van der Waals surface area (Å²) in [5.74, 6) is 0.0319. The highest BCUT2D eigenvalue weighted by molar-refractivity contribution is 6.03. The Morgan fingerprint density at radius 3 is 2.77 bits per heavy atom. The van der Waals surface area contributed by atoms with E-state index in [1.807, 2.05) is 6.07 Å². The van der Waals surface area contributed by atoms with Crippen LogP contribution >= 0.6 is 0 Å². The number of amides is 1. The molecule has 0 bridgehead atoms. The lowest BCUT2D eigenvalue weighted by atomic mass is 10.2. The number of fused-ring (bicyclic) bond motifs is 1. The normalized spacial score (nSPS) is 11.6. The number of ether oxygens (including phenoxy) is 2. The molecule has 0 spiro atoms. The van der Waals surface area contributed by atoms with E-state index in [-0.39, 0.29) is 19.1 Å². The van der Waals surface area contributed by atoms with E-state index in [1.54, 1.807) is 30.1 Å². The summed E-state index contributed by atoms with van der Waals surface area (Å²) in [5, 5.41) is 7.65. The van der Waals surface area contributed by atoms with Crippen LogP contribution in [0.1, 0.15) is 21.6 Å². The van der Waals surface area contributed by atoms with Crippen molar-refractivity contribution in [1.29, 1.82) is 0 Å². The molecule has 0 radical (unpaired) electrons. The first-order valence-electron chi connectivity index (χ1n) is 9.04. The molecule has 0 fully saturated rings. The molecular weight excluding hydrogens is 403 g/mol. The number of nitrogens with zero attached hydrogens (tertiary/aromatic N) is 4. The van der Waals surface area contributed by atoms with Crippen molar-refractivity contribution in [2.24, 2.45) is 0 Å². The molecule has 3 rings (SSSR count). The van der Waals surface area contributed by atoms with Gasteiger partial charge < -0.3 is 14.8 Å². The van der Waals surface area contributed by atoms with E-state index in [2.05, 4.69) is 25.1 Å². The summed E-state index contributed by atoms with van der Waals surface area (Å²) < 4.78 is 47.7. The summed E-state index contributed by atoms with van der Waals surface area (Å²) in [5.41, 5.74) is 2.52. The molecule has 0 saturated carbocycles. The highest BCUT2D eigenvalue weighted by atomic mass is 19.4. The number of aryl methyl sites for hydroxylation is 1. The molecular formula is C19H20F3N5O3. The molecule has 0 aliphatic heterocycles. The van der Waals surface area contributed by atoms with Crippen LogP contribution in [0.25, 0.3) is 10.9 Å². The maximum atomic E-state index is 12.0. The van der Waals surface area contributed by atoms with Crippen LogP contribution in [-0.2, 0) is 11.3 Å². The zero-order valence-corrected chi connectivity index (χ0v) is 16.4. The first-order chi connectivity index (χ1) is 14.3. The lowest BCUT2D eigenvalue weighted by molar-refractivity contribution is -0.175. The molecule has 3 aromatic heterocycles. The van der Waals surface area contributed by atoms with Gasteiger partial charge in [0.05, 0.1) is 24.1 Å². The maximum Gasteiger partial charge on any atom is 0.411 e. The highest BCUT2D eigenvalue weighted by Gasteiger charge is 2.27. The number of nitrogens with one attached hydrogen (secondary N) is 1. The van der Waals surface area contributed by atoms with Gasteiger partial charge in [-0.25, -0.2) is 4.98 Å². The third-order valence-corrected chi connectivity index (χ3v) is 4.09. The van der Waals surface area contributed by atoms with Gasteiger partial charge in [0, 0.05) is 31.2 Å². The lowest BCUT2D eigenvalue weighted by Crippen LogP contribution is -2.19. The average molecular weight is 423 g/mol. The minimum absolute atomic E-state index is 0.0386. The number of alkyl halides is 3. The van der Waals surface area contributed by atoms with Crippen LogP contribution < -0.4 is 10.1 Å². The van der Waals surface area contributed by atoms with E-state index >= 15 is 0 Å². The van der Waals surface area contributed by atoms with Crippen molar-refractivity contribution in [3.05, 3.63) is 47.5 Å². The number of hydrogen-bond donors (Lipinski definition) is 1. The Morgan fingerprint density at radius 2 is 2.07 bits per heavy atom. The Hall–Kier alpha value is -3.21. The van der Waals surface area contributed by atoms with Crippen LogP contribution in [0, 0.1) is 6.92 Å². The molecule has 0 aromatic carbocycles. The summed E-state index contributed by atoms with van der Waals surface area (Å²) in [6, 6.07) is 3.57. The number of pyridine rings is 2. The first-order valence-corrected chi connectivity index (χ1v) is 9.04. The van der Waals surface area contributed by atoms with Crippen LogP contribution in [0.5, 0.6) is 5.88 Å². The number of rotatable bonds is 8. The molecule has 3 aromatic rings. The Kier molecular flexibility index (Phi) is 6.50. The van der Waals surface area contributed by atoms with Crippen LogP contribution in [0.15, 0.2) is 30.7 Å². The molecule has 0 atom stereocenters. The van der Waals surface area contributed by atoms with Crippen molar-refractivity contribution in [3.8, 4) is 5.88 Å². The summed E-state index contributed by atoms with van der Waals surface area (Å²) in [6.45, 7) is 0.657. The van der Waals surface area contributed by atoms with Gasteiger partial charge in [-0.15, -0.1) is 0 Å². The number of hydrogen-bond acceptors (Lipinski definition) is 6. The van der Waals surface area contributed by atoms with Crippen molar-refractivity contribution in [2.75, 3.05) is 26.9 Å². The number of aromatic nitrogens is 4. The van der Waals surface area contributed by atoms with Gasteiger partial charge in [-0.2, -0.15) is 18.3 Å². The fraction of sp³-hybridized carbons (Fsp3) is 0.368. The minimum atomic E-state index is -4.36. The van der Waals surface area contributed by atoms with E-state index in [9.17, 15) is 18.0 Å². The Balaban J connectivity index is 1.64. The van der Waals surface area contributed by atoms with Crippen LogP contribution in [0.3, 0.4) is 0 Å². The summed E-state index contributed by atoms with van der Waals surface area (Å²) in [4.78, 5) is 20.3. The molecule has 0 aliphatic rings. The largest absolute Gasteiger partial charge is 0.475 e. The quantitative estimate of drug-likeness (QED) is 0.560. The molecule has 1 N–H and O–H groups in total. The zero-order valence-electron chi connectivity index (χ0n) is 16.4. The van der Waals surface area contributed by atoms with Gasteiger partial charge in [0.15, 0.2) is 0 Å². The predicted molar refractivity (Wildman–Crippen MR) is 101 cm³/mol. The smallest absolute Gasteiger partial charge is 0.411 e. The monoisotopic (exact) mass is 423 g/mol. The van der Waals surface area contributed by atoms with Crippen molar-refractivity contribution in [1.82, 2.24) is 25.1 Å². The number of carbonyl (C=O) groups is 1. The van der Waals surface area contributed by atoms with Gasteiger partial charge in [0.1, 0.15) is 18.9 Å². The lowest BCUT2D eigenvalue weighted by Gasteiger charge is -2.11. The standard InChI is InChI=1S/C19H20F3N5O3/c1-12-7-13(8-25-18(12)30-6-5-29-11-19(20,21)22)9-27-10-14-15(26-27)3-4-24-16(14)17(28)23-2/h3-4,7-8,10H,5-6,9,11H2,1-2H3,(H,23,28). The van der Waals surface area contributed by atoms with E-state index in [0.29, 0.717) is 29.0 Å². The van der Waals surface area contributed by atoms with Crippen LogP contribution in [0.4, 0.5) is 13.2 Å². The third-order valence-electron chi connectivity index (χ3n) is 4.09. The molecule has 0 aliphatic carbocycles. The van der Waals surface area contributed by atoms with Crippen LogP contribution in [-0.4, -0.2) is 58.7 Å². The molecule has 8 nitrogen and oxygen atoms in total. The van der Waals surface area contributed by atoms with Crippen molar-refractivity contribution in [2.45, 2.75) is 19.6 Å². The van der Waals surface area contributed by atoms with Crippen molar-refractivity contribution >= 4 is 16.8 Å². The topological polar surface area (TPSA) is 91.2 Å². The number of carbonyl (C=O) groups excluding carboxylic acids is 1. The second kappa shape index (κ2) is 9.08. The molecule has 160 valence electrons. The number of halogens is 3. The summed E-state index contributed by atoms with van der Waals surface area (Å²) >= 11 is 0. The van der Waals surface area contributed by atoms with Gasteiger partial charge in [-0.05, 0) is 24.6 Å². The third kappa shape index (κ3) is 5.44. The second-order valence-electron chi connectivity index (χ2n) is 6.48. The molecule has 0 unspecified atom stereocenters. The highest BCUT2D eigenvalue weighted by Crippen LogP contribution is 2.19. The molecule has 11 heteroatoms. The fourth-order valence-electron chi connectivity index (χ4n) is 2.80. The Bertz CT molecular complexity index is 1040. The van der Waals surface area contributed by atoms with Crippen molar-refractivity contribution in [3.63, 3.8) is 0 Å². The van der Waals surface area contributed by atoms with Gasteiger partial charge in [-0.1, -0.05) is 0 Å². The van der Waals surface area contributed by atoms with Crippen molar-refractivity contribution < 1.29 is 27.4 Å². The van der Waals surface area contributed by atoms with E-state index in [1.165, 1.54) is 13.2 Å². The maximum absolute atomic E-state index is 12.0. The first kappa shape index (κ1) is 21.5. The predicted octanol–water partition coefficient (Wildman–Crippen LogP) is 2.50. The van der Waals surface area contributed by atoms with Gasteiger partial charge in [-0.3, -0.25) is 14.5 Å².